The molecule has 2 aliphatic heterocycles. The summed E-state index contributed by atoms with van der Waals surface area (Å²) in [6.07, 6.45) is 6.05. The summed E-state index contributed by atoms with van der Waals surface area (Å²) in [5, 5.41) is 3.40. The van der Waals surface area contributed by atoms with Gasteiger partial charge in [-0.1, -0.05) is 6.07 Å². The van der Waals surface area contributed by atoms with E-state index in [0.717, 1.165) is 57.0 Å². The molecular weight excluding hydrogens is 537 g/mol. The van der Waals surface area contributed by atoms with E-state index in [-0.39, 0.29) is 36.2 Å². The molecule has 0 spiro atoms. The minimum atomic E-state index is -0.412. The number of likely N-dealkylation sites (tertiary alicyclic amines) is 1. The second-order valence-electron chi connectivity index (χ2n) is 8.20. The average Bonchev–Trinajstić information content (AvgIpc) is 2.85. The van der Waals surface area contributed by atoms with Crippen LogP contribution in [-0.2, 0) is 20.8 Å². The first kappa shape index (κ1) is 27.7. The topological polar surface area (TPSA) is 81.6 Å². The molecule has 3 rings (SSSR count). The number of nitrogens with zero attached hydrogens (tertiary/aromatic N) is 2. The second-order valence-corrected chi connectivity index (χ2v) is 8.20. The van der Waals surface area contributed by atoms with Crippen molar-refractivity contribution in [2.24, 2.45) is 4.99 Å². The molecule has 0 radical (unpaired) electrons. The van der Waals surface area contributed by atoms with E-state index in [1.54, 1.807) is 13.2 Å². The van der Waals surface area contributed by atoms with Crippen LogP contribution in [0.15, 0.2) is 23.2 Å². The maximum Gasteiger partial charge on any atom is 0.341 e. The number of carbonyl (C=O) groups excluding carboxylic acids is 1. The Balaban J connectivity index is 0.00000385. The van der Waals surface area contributed by atoms with Gasteiger partial charge in [-0.3, -0.25) is 0 Å². The fourth-order valence-electron chi connectivity index (χ4n) is 4.12. The fraction of sp³-hybridized carbons (Fsp3) is 0.667. The number of methoxy groups -OCH3 is 2. The highest BCUT2D eigenvalue weighted by atomic mass is 127. The van der Waals surface area contributed by atoms with Crippen LogP contribution in [0.5, 0.6) is 5.75 Å². The number of guanidine groups is 1. The van der Waals surface area contributed by atoms with Gasteiger partial charge in [0.25, 0.3) is 0 Å². The maximum absolute atomic E-state index is 11.9. The molecule has 9 heteroatoms. The third kappa shape index (κ3) is 8.29. The summed E-state index contributed by atoms with van der Waals surface area (Å²) in [5.74, 6) is 0.984. The number of piperidine rings is 1. The molecule has 0 saturated carbocycles. The monoisotopic (exact) mass is 575 g/mol. The highest BCUT2D eigenvalue weighted by Gasteiger charge is 2.24. The molecule has 186 valence electrons. The first-order valence-electron chi connectivity index (χ1n) is 11.7. The van der Waals surface area contributed by atoms with Crippen molar-refractivity contribution in [3.05, 3.63) is 29.3 Å². The van der Waals surface area contributed by atoms with E-state index < -0.39 is 5.97 Å². The predicted octanol–water partition coefficient (Wildman–Crippen LogP) is 3.62. The molecule has 8 nitrogen and oxygen atoms in total. The van der Waals surface area contributed by atoms with Gasteiger partial charge in [-0.15, -0.1) is 24.0 Å². The van der Waals surface area contributed by atoms with E-state index in [9.17, 15) is 4.79 Å². The number of carbonyl (C=O) groups is 1. The summed E-state index contributed by atoms with van der Waals surface area (Å²) in [4.78, 5) is 19.0. The van der Waals surface area contributed by atoms with Gasteiger partial charge in [0.15, 0.2) is 5.96 Å². The Morgan fingerprint density at radius 2 is 2.00 bits per heavy atom. The Morgan fingerprint density at radius 3 is 2.64 bits per heavy atom. The number of hydrogen-bond donors (Lipinski definition) is 1. The molecular formula is C24H38IN3O5. The molecule has 2 fully saturated rings. The molecule has 0 aromatic heterocycles. The minimum Gasteiger partial charge on any atom is -0.496 e. The molecule has 2 saturated heterocycles. The second kappa shape index (κ2) is 14.6. The van der Waals surface area contributed by atoms with Crippen LogP contribution in [0.1, 0.15) is 54.9 Å². The van der Waals surface area contributed by atoms with E-state index >= 15 is 0 Å². The first-order valence-corrected chi connectivity index (χ1v) is 11.7. The van der Waals surface area contributed by atoms with Crippen molar-refractivity contribution in [3.63, 3.8) is 0 Å². The molecule has 1 unspecified atom stereocenters. The number of rotatable bonds is 8. The van der Waals surface area contributed by atoms with Gasteiger partial charge in [0.2, 0.25) is 0 Å². The summed E-state index contributed by atoms with van der Waals surface area (Å²) in [6.45, 7) is 6.77. The molecule has 1 aromatic rings. The zero-order valence-corrected chi connectivity index (χ0v) is 22.3. The summed E-state index contributed by atoms with van der Waals surface area (Å²) >= 11 is 0. The number of ether oxygens (including phenoxy) is 4. The highest BCUT2D eigenvalue weighted by molar-refractivity contribution is 14.0. The van der Waals surface area contributed by atoms with Crippen molar-refractivity contribution in [1.29, 1.82) is 0 Å². The Bertz CT molecular complexity index is 762. The number of aliphatic imine (C=N–C) groups is 1. The van der Waals surface area contributed by atoms with Gasteiger partial charge in [-0.05, 0) is 56.7 Å². The first-order chi connectivity index (χ1) is 15.6. The highest BCUT2D eigenvalue weighted by Crippen LogP contribution is 2.22. The predicted molar refractivity (Wildman–Crippen MR) is 139 cm³/mol. The SMILES string of the molecule is CCNC(=NCc1ccc(C(=O)OC)c(OC)c1)N1CCC(OCC2CCCCO2)CC1.I. The van der Waals surface area contributed by atoms with Crippen molar-refractivity contribution in [1.82, 2.24) is 10.2 Å². The lowest BCUT2D eigenvalue weighted by Gasteiger charge is -2.35. The molecule has 2 aliphatic rings. The van der Waals surface area contributed by atoms with E-state index in [0.29, 0.717) is 24.5 Å². The van der Waals surface area contributed by atoms with Crippen LogP contribution in [0, 0.1) is 0 Å². The quantitative estimate of drug-likeness (QED) is 0.220. The van der Waals surface area contributed by atoms with Gasteiger partial charge in [0.1, 0.15) is 11.3 Å². The number of esters is 1. The van der Waals surface area contributed by atoms with Gasteiger partial charge in [-0.25, -0.2) is 9.79 Å². The number of hydrogen-bond acceptors (Lipinski definition) is 6. The summed E-state index contributed by atoms with van der Waals surface area (Å²) in [7, 11) is 2.91. The van der Waals surface area contributed by atoms with Gasteiger partial charge >= 0.3 is 5.97 Å². The van der Waals surface area contributed by atoms with Crippen LogP contribution in [-0.4, -0.2) is 76.1 Å². The molecule has 0 bridgehead atoms. The number of nitrogens with one attached hydrogen (secondary N) is 1. The average molecular weight is 575 g/mol. The zero-order chi connectivity index (χ0) is 22.8. The Labute approximate surface area is 214 Å². The van der Waals surface area contributed by atoms with Gasteiger partial charge in [0.05, 0.1) is 39.6 Å². The van der Waals surface area contributed by atoms with Crippen LogP contribution in [0.3, 0.4) is 0 Å². The van der Waals surface area contributed by atoms with Gasteiger partial charge in [0, 0.05) is 26.2 Å². The fourth-order valence-corrected chi connectivity index (χ4v) is 4.12. The molecule has 0 amide bonds. The Hall–Kier alpha value is -1.59. The van der Waals surface area contributed by atoms with Crippen molar-refractivity contribution < 1.29 is 23.7 Å². The van der Waals surface area contributed by atoms with Crippen LogP contribution >= 0.6 is 24.0 Å². The molecule has 33 heavy (non-hydrogen) atoms. The Kier molecular flexibility index (Phi) is 12.3. The van der Waals surface area contributed by atoms with Crippen LogP contribution in [0.2, 0.25) is 0 Å². The number of halogens is 1. The smallest absolute Gasteiger partial charge is 0.341 e. The van der Waals surface area contributed by atoms with Crippen LogP contribution < -0.4 is 10.1 Å². The lowest BCUT2D eigenvalue weighted by Crippen LogP contribution is -2.47. The normalized spacial score (nSPS) is 19.5. The summed E-state index contributed by atoms with van der Waals surface area (Å²) < 4.78 is 22.1. The largest absolute Gasteiger partial charge is 0.496 e. The van der Waals surface area contributed by atoms with Crippen LogP contribution in [0.25, 0.3) is 0 Å². The Morgan fingerprint density at radius 1 is 1.21 bits per heavy atom. The third-order valence-corrected chi connectivity index (χ3v) is 5.95. The lowest BCUT2D eigenvalue weighted by atomic mass is 10.1. The van der Waals surface area contributed by atoms with Crippen molar-refractivity contribution >= 4 is 35.9 Å². The van der Waals surface area contributed by atoms with E-state index in [4.69, 9.17) is 23.9 Å². The van der Waals surface area contributed by atoms with E-state index in [1.165, 1.54) is 20.0 Å². The molecule has 1 aromatic carbocycles. The van der Waals surface area contributed by atoms with Gasteiger partial charge in [-0.2, -0.15) is 0 Å². The van der Waals surface area contributed by atoms with Crippen molar-refractivity contribution in [3.8, 4) is 5.75 Å². The molecule has 2 heterocycles. The molecule has 1 N–H and O–H groups in total. The lowest BCUT2D eigenvalue weighted by molar-refractivity contribution is -0.0721. The maximum atomic E-state index is 11.9. The molecule has 0 aliphatic carbocycles. The van der Waals surface area contributed by atoms with Crippen LogP contribution in [0.4, 0.5) is 0 Å². The van der Waals surface area contributed by atoms with Crippen molar-refractivity contribution in [2.75, 3.05) is 47.1 Å². The van der Waals surface area contributed by atoms with Crippen molar-refractivity contribution in [2.45, 2.75) is 57.8 Å². The van der Waals surface area contributed by atoms with E-state index in [1.807, 2.05) is 12.1 Å². The molecule has 1 atom stereocenters. The number of benzene rings is 1. The zero-order valence-electron chi connectivity index (χ0n) is 20.0. The standard InChI is InChI=1S/C24H37N3O5.HI/c1-4-25-24(26-16-18-8-9-21(23(28)30-3)22(15-18)29-2)27-12-10-19(11-13-27)32-17-20-7-5-6-14-31-20;/h8-9,15,19-20H,4-7,10-14,16-17H2,1-3H3,(H,25,26);1H. The third-order valence-electron chi connectivity index (χ3n) is 5.95. The van der Waals surface area contributed by atoms with E-state index in [2.05, 4.69) is 17.1 Å². The summed E-state index contributed by atoms with van der Waals surface area (Å²) in [5.41, 5.74) is 1.38. The van der Waals surface area contributed by atoms with Gasteiger partial charge < -0.3 is 29.2 Å². The minimum absolute atomic E-state index is 0. The summed E-state index contributed by atoms with van der Waals surface area (Å²) in [6, 6.07) is 5.45.